The molecule has 0 bridgehead atoms. The summed E-state index contributed by atoms with van der Waals surface area (Å²) in [6.07, 6.45) is -2.33. The second-order valence-electron chi connectivity index (χ2n) is 5.74. The van der Waals surface area contributed by atoms with Gasteiger partial charge in [0.2, 0.25) is 5.88 Å². The summed E-state index contributed by atoms with van der Waals surface area (Å²) in [7, 11) is 1.33. The van der Waals surface area contributed by atoms with Gasteiger partial charge in [-0.1, -0.05) is 34.4 Å². The molecule has 2 heterocycles. The van der Waals surface area contributed by atoms with E-state index in [0.29, 0.717) is 15.7 Å². The summed E-state index contributed by atoms with van der Waals surface area (Å²) in [4.78, 5) is 8.95. The van der Waals surface area contributed by atoms with Crippen LogP contribution < -0.4 is 4.74 Å². The molecule has 1 aromatic carbocycles. The molecule has 3 aromatic rings. The molecule has 0 saturated carbocycles. The van der Waals surface area contributed by atoms with Crippen molar-refractivity contribution in [1.82, 2.24) is 14.8 Å². The molecule has 29 heavy (non-hydrogen) atoms. The van der Waals surface area contributed by atoms with Gasteiger partial charge in [0.25, 0.3) is 0 Å². The van der Waals surface area contributed by atoms with Gasteiger partial charge in [0, 0.05) is 23.8 Å². The Balaban J connectivity index is 1.84. The first-order valence-corrected chi connectivity index (χ1v) is 8.83. The molecule has 0 N–H and O–H groups in total. The van der Waals surface area contributed by atoms with Crippen molar-refractivity contribution >= 4 is 29.4 Å². The van der Waals surface area contributed by atoms with Crippen LogP contribution in [0, 0.1) is 0 Å². The molecule has 3 rings (SSSR count). The van der Waals surface area contributed by atoms with E-state index in [1.165, 1.54) is 25.4 Å². The Hall–Kier alpha value is -2.78. The average molecular weight is 445 g/mol. The van der Waals surface area contributed by atoms with Crippen LogP contribution in [0.2, 0.25) is 10.2 Å². The molecular formula is C18H13Cl2F3N4O2. The Bertz CT molecular complexity index is 1000. The maximum atomic E-state index is 13.4. The van der Waals surface area contributed by atoms with Crippen molar-refractivity contribution in [2.45, 2.75) is 12.8 Å². The van der Waals surface area contributed by atoms with E-state index in [-0.39, 0.29) is 23.8 Å². The summed E-state index contributed by atoms with van der Waals surface area (Å²) >= 11 is 11.5. The molecule has 0 aliphatic heterocycles. The summed E-state index contributed by atoms with van der Waals surface area (Å²) in [6.45, 7) is -0.00431. The number of oxime groups is 1. The number of pyridine rings is 1. The van der Waals surface area contributed by atoms with E-state index in [1.807, 2.05) is 0 Å². The number of aromatic nitrogens is 3. The molecule has 0 atom stereocenters. The van der Waals surface area contributed by atoms with Gasteiger partial charge in [-0.3, -0.25) is 0 Å². The number of hydrogen-bond acceptors (Lipinski definition) is 5. The van der Waals surface area contributed by atoms with Gasteiger partial charge >= 0.3 is 6.18 Å². The van der Waals surface area contributed by atoms with Gasteiger partial charge in [-0.2, -0.15) is 18.3 Å². The molecule has 0 aliphatic carbocycles. The zero-order valence-electron chi connectivity index (χ0n) is 14.8. The van der Waals surface area contributed by atoms with E-state index >= 15 is 0 Å². The van der Waals surface area contributed by atoms with Crippen molar-refractivity contribution in [3.63, 3.8) is 0 Å². The highest BCUT2D eigenvalue weighted by Crippen LogP contribution is 2.36. The van der Waals surface area contributed by atoms with Crippen LogP contribution in [0.25, 0.3) is 0 Å². The van der Waals surface area contributed by atoms with Crippen molar-refractivity contribution in [2.75, 3.05) is 0 Å². The first kappa shape index (κ1) is 20.9. The van der Waals surface area contributed by atoms with E-state index in [2.05, 4.69) is 15.2 Å². The number of nitrogens with zero attached hydrogens (tertiary/aromatic N) is 4. The zero-order chi connectivity index (χ0) is 21.0. The second kappa shape index (κ2) is 8.71. The Kier molecular flexibility index (Phi) is 6.29. The average Bonchev–Trinajstić information content (AvgIpc) is 2.98. The van der Waals surface area contributed by atoms with E-state index in [9.17, 15) is 13.2 Å². The Morgan fingerprint density at radius 3 is 2.48 bits per heavy atom. The van der Waals surface area contributed by atoms with Crippen LogP contribution >= 0.6 is 23.2 Å². The number of hydrogen-bond donors (Lipinski definition) is 0. The summed E-state index contributed by atoms with van der Waals surface area (Å²) in [5, 5.41) is 7.91. The third-order valence-corrected chi connectivity index (χ3v) is 4.08. The van der Waals surface area contributed by atoms with Gasteiger partial charge in [0.05, 0.1) is 11.8 Å². The number of alkyl halides is 3. The van der Waals surface area contributed by atoms with Gasteiger partial charge in [-0.25, -0.2) is 9.67 Å². The molecule has 0 aliphatic rings. The second-order valence-corrected chi connectivity index (χ2v) is 6.57. The highest BCUT2D eigenvalue weighted by atomic mass is 35.5. The molecule has 152 valence electrons. The Labute approximate surface area is 173 Å². The van der Waals surface area contributed by atoms with Crippen LogP contribution in [0.4, 0.5) is 13.2 Å². The summed E-state index contributed by atoms with van der Waals surface area (Å²) in [6, 6.07) is 9.36. The van der Waals surface area contributed by atoms with Crippen LogP contribution in [-0.2, 0) is 24.7 Å². The minimum absolute atomic E-state index is 0.00431. The molecule has 0 saturated heterocycles. The standard InChI is InChI=1S/C18H13Cl2F3N4O2/c1-27-17(29-13-5-3-12(19)4-6-13)14(16(26-27)18(21,22)23)9-25-28-10-11-2-7-15(20)24-8-11/h2-9H,10H2,1H3/b25-9+. The van der Waals surface area contributed by atoms with Gasteiger partial charge in [-0.05, 0) is 30.3 Å². The smallest absolute Gasteiger partial charge is 0.435 e. The van der Waals surface area contributed by atoms with E-state index in [0.717, 1.165) is 10.9 Å². The zero-order valence-corrected chi connectivity index (χ0v) is 16.3. The van der Waals surface area contributed by atoms with Crippen molar-refractivity contribution in [2.24, 2.45) is 12.2 Å². The van der Waals surface area contributed by atoms with Gasteiger partial charge in [0.1, 0.15) is 17.5 Å². The topological polar surface area (TPSA) is 61.5 Å². The lowest BCUT2D eigenvalue weighted by Gasteiger charge is -2.07. The lowest BCUT2D eigenvalue weighted by Crippen LogP contribution is -2.09. The van der Waals surface area contributed by atoms with Crippen LogP contribution in [0.15, 0.2) is 47.8 Å². The number of rotatable bonds is 6. The summed E-state index contributed by atoms with van der Waals surface area (Å²) in [5.41, 5.74) is -0.875. The normalized spacial score (nSPS) is 11.8. The van der Waals surface area contributed by atoms with Crippen molar-refractivity contribution in [3.05, 3.63) is 69.6 Å². The number of ether oxygens (including phenoxy) is 1. The molecule has 6 nitrogen and oxygen atoms in total. The monoisotopic (exact) mass is 444 g/mol. The fraction of sp³-hybridized carbons (Fsp3) is 0.167. The fourth-order valence-electron chi connectivity index (χ4n) is 2.28. The Morgan fingerprint density at radius 2 is 1.86 bits per heavy atom. The quantitative estimate of drug-likeness (QED) is 0.286. The van der Waals surface area contributed by atoms with E-state index < -0.39 is 11.9 Å². The van der Waals surface area contributed by atoms with Crippen LogP contribution in [0.5, 0.6) is 11.6 Å². The van der Waals surface area contributed by atoms with Crippen molar-refractivity contribution in [3.8, 4) is 11.6 Å². The first-order valence-electron chi connectivity index (χ1n) is 8.07. The third kappa shape index (κ3) is 5.39. The lowest BCUT2D eigenvalue weighted by atomic mass is 10.2. The molecule has 2 aromatic heterocycles. The van der Waals surface area contributed by atoms with Crippen molar-refractivity contribution < 1.29 is 22.7 Å². The molecule has 0 spiro atoms. The van der Waals surface area contributed by atoms with Crippen molar-refractivity contribution in [1.29, 1.82) is 0 Å². The highest BCUT2D eigenvalue weighted by Gasteiger charge is 2.39. The predicted octanol–water partition coefficient (Wildman–Crippen LogP) is 5.48. The number of benzene rings is 1. The number of aryl methyl sites for hydroxylation is 1. The maximum absolute atomic E-state index is 13.4. The molecule has 0 amide bonds. The SMILES string of the molecule is Cn1nc(C(F)(F)F)c(/C=N/OCc2ccc(Cl)nc2)c1Oc1ccc(Cl)cc1. The Morgan fingerprint density at radius 1 is 1.14 bits per heavy atom. The fourth-order valence-corrected chi connectivity index (χ4v) is 2.52. The molecule has 0 radical (unpaired) electrons. The van der Waals surface area contributed by atoms with Gasteiger partial charge < -0.3 is 9.57 Å². The first-order chi connectivity index (χ1) is 13.7. The minimum Gasteiger partial charge on any atom is -0.439 e. The maximum Gasteiger partial charge on any atom is 0.435 e. The highest BCUT2D eigenvalue weighted by molar-refractivity contribution is 6.30. The van der Waals surface area contributed by atoms with Crippen LogP contribution in [0.1, 0.15) is 16.8 Å². The minimum atomic E-state index is -4.71. The van der Waals surface area contributed by atoms with Crippen LogP contribution in [0.3, 0.4) is 0 Å². The van der Waals surface area contributed by atoms with Crippen LogP contribution in [-0.4, -0.2) is 21.0 Å². The predicted molar refractivity (Wildman–Crippen MR) is 101 cm³/mol. The van der Waals surface area contributed by atoms with E-state index in [1.54, 1.807) is 24.3 Å². The summed E-state index contributed by atoms with van der Waals surface area (Å²) < 4.78 is 46.7. The summed E-state index contributed by atoms with van der Waals surface area (Å²) in [5.74, 6) is 0.133. The lowest BCUT2D eigenvalue weighted by molar-refractivity contribution is -0.141. The van der Waals surface area contributed by atoms with Gasteiger partial charge in [0.15, 0.2) is 5.69 Å². The molecule has 0 fully saturated rings. The number of halogens is 5. The van der Waals surface area contributed by atoms with Gasteiger partial charge in [-0.15, -0.1) is 0 Å². The third-order valence-electron chi connectivity index (χ3n) is 3.60. The van der Waals surface area contributed by atoms with E-state index in [4.69, 9.17) is 32.8 Å². The molecule has 11 heteroatoms. The largest absolute Gasteiger partial charge is 0.439 e. The molecular weight excluding hydrogens is 432 g/mol. The molecule has 0 unspecified atom stereocenters.